The molecule has 2 N–H and O–H groups in total. The maximum Gasteiger partial charge on any atom is 0.250 e. The first kappa shape index (κ1) is 20.3. The fourth-order valence-electron chi connectivity index (χ4n) is 4.89. The second-order valence-electron chi connectivity index (χ2n) is 8.33. The molecule has 1 aliphatic carbocycles. The van der Waals surface area contributed by atoms with Gasteiger partial charge in [0.15, 0.2) is 0 Å². The van der Waals surface area contributed by atoms with E-state index in [-0.39, 0.29) is 11.6 Å². The molecule has 6 nitrogen and oxygen atoms in total. The molecule has 1 aromatic heterocycles. The predicted octanol–water partition coefficient (Wildman–Crippen LogP) is 2.89. The lowest BCUT2D eigenvalue weighted by molar-refractivity contribution is 0.166. The van der Waals surface area contributed by atoms with Crippen LogP contribution in [0.1, 0.15) is 46.3 Å². The van der Waals surface area contributed by atoms with E-state index >= 15 is 0 Å². The summed E-state index contributed by atoms with van der Waals surface area (Å²) >= 11 is 0. The number of benzene rings is 2. The van der Waals surface area contributed by atoms with Gasteiger partial charge in [-0.2, -0.15) is 9.19 Å². The van der Waals surface area contributed by atoms with Crippen LogP contribution in [0.4, 0.5) is 8.78 Å². The van der Waals surface area contributed by atoms with Crippen molar-refractivity contribution >= 4 is 10.0 Å². The third-order valence-electron chi connectivity index (χ3n) is 6.27. The van der Waals surface area contributed by atoms with Crippen molar-refractivity contribution in [1.82, 2.24) is 14.1 Å². The Labute approximate surface area is 179 Å². The van der Waals surface area contributed by atoms with Crippen LogP contribution in [-0.2, 0) is 23.1 Å². The van der Waals surface area contributed by atoms with Gasteiger partial charge in [0.2, 0.25) is 0 Å². The van der Waals surface area contributed by atoms with Crippen molar-refractivity contribution in [3.8, 4) is 0 Å². The molecular formula is C22H22F2N4O2S. The minimum Gasteiger partial charge on any atom is -0.327 e. The molecule has 2 heterocycles. The number of nitrogens with zero attached hydrogens (tertiary/aromatic N) is 3. The number of nitrogens with two attached hydrogens (primary N) is 1. The van der Waals surface area contributed by atoms with E-state index in [2.05, 4.69) is 10.00 Å². The highest BCUT2D eigenvalue weighted by molar-refractivity contribution is 7.89. The molecule has 0 saturated carbocycles. The molecule has 31 heavy (non-hydrogen) atoms. The Kier molecular flexibility index (Phi) is 4.72. The van der Waals surface area contributed by atoms with Gasteiger partial charge in [-0.1, -0.05) is 24.3 Å². The quantitative estimate of drug-likeness (QED) is 0.672. The van der Waals surface area contributed by atoms with Gasteiger partial charge in [0.1, 0.15) is 11.6 Å². The smallest absolute Gasteiger partial charge is 0.250 e. The largest absolute Gasteiger partial charge is 0.327 e. The molecule has 0 spiro atoms. The zero-order chi connectivity index (χ0) is 21.9. The van der Waals surface area contributed by atoms with Crippen LogP contribution in [0, 0.1) is 11.6 Å². The third-order valence-corrected chi connectivity index (χ3v) is 7.14. The summed E-state index contributed by atoms with van der Waals surface area (Å²) in [6.07, 6.45) is 3.24. The molecule has 9 heteroatoms. The molecule has 1 aliphatic heterocycles. The molecule has 5 rings (SSSR count). The molecule has 0 amide bonds. The number of hydrogen-bond donors (Lipinski definition) is 1. The summed E-state index contributed by atoms with van der Waals surface area (Å²) in [5, 5.41) is 4.23. The maximum absolute atomic E-state index is 14.6. The predicted molar refractivity (Wildman–Crippen MR) is 112 cm³/mol. The molecule has 0 radical (unpaired) electrons. The maximum atomic E-state index is 14.6. The van der Waals surface area contributed by atoms with Crippen LogP contribution in [0.3, 0.4) is 0 Å². The zero-order valence-electron chi connectivity index (χ0n) is 16.9. The number of aromatic nitrogens is 2. The minimum atomic E-state index is -3.43. The molecule has 0 saturated heterocycles. The van der Waals surface area contributed by atoms with E-state index in [1.165, 1.54) is 6.07 Å². The number of halogens is 2. The third kappa shape index (κ3) is 3.46. The van der Waals surface area contributed by atoms with Crippen molar-refractivity contribution in [3.05, 3.63) is 88.2 Å². The molecule has 162 valence electrons. The Morgan fingerprint density at radius 3 is 2.52 bits per heavy atom. The van der Waals surface area contributed by atoms with Crippen LogP contribution in [0.5, 0.6) is 0 Å². The summed E-state index contributed by atoms with van der Waals surface area (Å²) in [5.41, 5.74) is 10.3. The van der Waals surface area contributed by atoms with Crippen molar-refractivity contribution in [2.45, 2.75) is 37.5 Å². The molecule has 0 unspecified atom stereocenters. The lowest BCUT2D eigenvalue weighted by Gasteiger charge is -2.40. The Bertz CT molecular complexity index is 1250. The molecule has 3 aromatic rings. The first-order valence-electron chi connectivity index (χ1n) is 10.0. The molecule has 0 fully saturated rings. The van der Waals surface area contributed by atoms with Crippen molar-refractivity contribution in [1.29, 1.82) is 0 Å². The lowest BCUT2D eigenvalue weighted by Crippen LogP contribution is -2.40. The van der Waals surface area contributed by atoms with Crippen LogP contribution < -0.4 is 5.73 Å². The van der Waals surface area contributed by atoms with Gasteiger partial charge in [0.05, 0.1) is 11.9 Å². The first-order valence-corrected chi connectivity index (χ1v) is 11.9. The van der Waals surface area contributed by atoms with Gasteiger partial charge in [-0.05, 0) is 41.3 Å². The fourth-order valence-corrected chi connectivity index (χ4v) is 5.45. The molecule has 2 aromatic carbocycles. The van der Waals surface area contributed by atoms with Crippen molar-refractivity contribution in [3.63, 3.8) is 0 Å². The van der Waals surface area contributed by atoms with Gasteiger partial charge in [-0.25, -0.2) is 17.2 Å². The normalized spacial score (nSPS) is 23.5. The highest BCUT2D eigenvalue weighted by atomic mass is 32.2. The molecular weight excluding hydrogens is 422 g/mol. The topological polar surface area (TPSA) is 81.2 Å². The summed E-state index contributed by atoms with van der Waals surface area (Å²) in [6.45, 7) is 1.05. The second-order valence-corrected chi connectivity index (χ2v) is 10.2. The van der Waals surface area contributed by atoms with E-state index in [1.807, 2.05) is 24.3 Å². The van der Waals surface area contributed by atoms with Crippen LogP contribution in [0.2, 0.25) is 0 Å². The van der Waals surface area contributed by atoms with E-state index in [0.29, 0.717) is 19.5 Å². The van der Waals surface area contributed by atoms with Gasteiger partial charge in [-0.3, -0.25) is 4.90 Å². The highest BCUT2D eigenvalue weighted by Crippen LogP contribution is 2.45. The van der Waals surface area contributed by atoms with Crippen LogP contribution in [0.25, 0.3) is 0 Å². The summed E-state index contributed by atoms with van der Waals surface area (Å²) in [5.74, 6) is -1.40. The Hall–Kier alpha value is -2.62. The molecule has 2 aliphatic rings. The Morgan fingerprint density at radius 1 is 1.06 bits per heavy atom. The Morgan fingerprint density at radius 2 is 1.81 bits per heavy atom. The summed E-state index contributed by atoms with van der Waals surface area (Å²) in [7, 11) is -3.43. The van der Waals surface area contributed by atoms with E-state index in [0.717, 1.165) is 44.9 Å². The van der Waals surface area contributed by atoms with E-state index in [9.17, 15) is 17.2 Å². The van der Waals surface area contributed by atoms with Crippen molar-refractivity contribution in [2.75, 3.05) is 6.26 Å². The van der Waals surface area contributed by atoms with Crippen molar-refractivity contribution < 1.29 is 17.2 Å². The van der Waals surface area contributed by atoms with E-state index < -0.39 is 33.6 Å². The monoisotopic (exact) mass is 444 g/mol. The average Bonchev–Trinajstić information content (AvgIpc) is 3.29. The zero-order valence-corrected chi connectivity index (χ0v) is 17.7. The van der Waals surface area contributed by atoms with Gasteiger partial charge in [0, 0.05) is 42.9 Å². The van der Waals surface area contributed by atoms with Gasteiger partial charge < -0.3 is 5.73 Å². The number of hydrogen-bond acceptors (Lipinski definition) is 5. The van der Waals surface area contributed by atoms with Gasteiger partial charge in [-0.15, -0.1) is 0 Å². The fraction of sp³-hybridized carbons (Fsp3) is 0.318. The first-order chi connectivity index (χ1) is 14.7. The summed E-state index contributed by atoms with van der Waals surface area (Å²) in [4.78, 5) is 2.21. The lowest BCUT2D eigenvalue weighted by atomic mass is 9.73. The second kappa shape index (κ2) is 7.22. The number of rotatable bonds is 3. The SMILES string of the molecule is CS(=O)(=O)n1cc2c(n1)CN([C@@H]1C[C@H](N)[C@@H](c3cc(F)ccc3F)c3ccccc31)C2. The Balaban J connectivity index is 1.50. The van der Waals surface area contributed by atoms with Crippen molar-refractivity contribution in [2.24, 2.45) is 5.73 Å². The van der Waals surface area contributed by atoms with E-state index in [4.69, 9.17) is 5.73 Å². The summed E-state index contributed by atoms with van der Waals surface area (Å²) in [6, 6.07) is 10.8. The minimum absolute atomic E-state index is 0.0278. The number of fused-ring (bicyclic) bond motifs is 2. The van der Waals surface area contributed by atoms with Crippen LogP contribution >= 0.6 is 0 Å². The van der Waals surface area contributed by atoms with Gasteiger partial charge >= 0.3 is 0 Å². The highest BCUT2D eigenvalue weighted by Gasteiger charge is 2.39. The summed E-state index contributed by atoms with van der Waals surface area (Å²) < 4.78 is 53.0. The van der Waals surface area contributed by atoms with Gasteiger partial charge in [0.25, 0.3) is 10.0 Å². The standard InChI is InChI=1S/C22H22F2N4O2S/c1-31(29,30)28-11-13-10-27(12-20(13)26-28)21-9-19(25)22(16-5-3-2-4-15(16)21)17-8-14(23)6-7-18(17)24/h2-8,11,19,21-22H,9-10,12,25H2,1H3/t19-,21+,22+/m0/s1. The average molecular weight is 445 g/mol. The molecule has 3 atom stereocenters. The van der Waals surface area contributed by atoms with Crippen LogP contribution in [0.15, 0.2) is 48.7 Å². The van der Waals surface area contributed by atoms with E-state index in [1.54, 1.807) is 6.20 Å². The van der Waals surface area contributed by atoms with Crippen LogP contribution in [-0.4, -0.2) is 34.8 Å². The molecule has 0 bridgehead atoms.